The van der Waals surface area contributed by atoms with Gasteiger partial charge < -0.3 is 41.0 Å². The molecule has 12 nitrogen and oxygen atoms in total. The van der Waals surface area contributed by atoms with E-state index in [1.165, 1.54) is 51.9 Å². The van der Waals surface area contributed by atoms with Gasteiger partial charge in [0.2, 0.25) is 0 Å². The van der Waals surface area contributed by atoms with Gasteiger partial charge in [0.1, 0.15) is 23.3 Å². The third-order valence-corrected chi connectivity index (χ3v) is 8.40. The maximum absolute atomic E-state index is 5.77. The molecule has 2 fully saturated rings. The third kappa shape index (κ3) is 15.8. The van der Waals surface area contributed by atoms with Gasteiger partial charge in [0.15, 0.2) is 0 Å². The summed E-state index contributed by atoms with van der Waals surface area (Å²) in [5.41, 5.74) is 8.38. The standard InChI is InChI=1S/C18H25N5O.C12H19N3O.C6H7BrN2.CH4/c1-19-18-13-15(7-8-20-18)21-17-6-4-5-16(22-17)14-24-12-11-23-9-2-3-10-23;13-12-5-3-4-11(14-12)10-16-9-8-15-6-1-2-7-15;1-8-6-4-5(7)2-3-9-6;/h4-8,13H,2-3,9-12,14H2,1H3,(H2,19,20,21,22);3-5H,1-2,6-10H2,(H2,13,14);2-4H,1H3,(H,8,9);1H4. The molecule has 4 aromatic heterocycles. The summed E-state index contributed by atoms with van der Waals surface area (Å²) in [5.74, 6) is 3.07. The van der Waals surface area contributed by atoms with Crippen molar-refractivity contribution in [2.75, 3.05) is 88.3 Å². The zero-order chi connectivity index (χ0) is 34.5. The summed E-state index contributed by atoms with van der Waals surface area (Å²) in [5, 5.41) is 9.25. The Labute approximate surface area is 306 Å². The van der Waals surface area contributed by atoms with Crippen molar-refractivity contribution in [3.05, 3.63) is 88.9 Å². The third-order valence-electron chi connectivity index (χ3n) is 7.90. The van der Waals surface area contributed by atoms with E-state index in [1.807, 2.05) is 68.7 Å². The number of halogens is 1. The minimum Gasteiger partial charge on any atom is -0.384 e. The molecule has 0 aliphatic carbocycles. The normalized spacial score (nSPS) is 14.1. The fourth-order valence-corrected chi connectivity index (χ4v) is 5.63. The molecule has 272 valence electrons. The van der Waals surface area contributed by atoms with Gasteiger partial charge in [-0.3, -0.25) is 0 Å². The molecule has 2 aliphatic rings. The molecule has 4 aromatic rings. The second-order valence-electron chi connectivity index (χ2n) is 11.7. The monoisotopic (exact) mass is 750 g/mol. The smallest absolute Gasteiger partial charge is 0.130 e. The lowest BCUT2D eigenvalue weighted by molar-refractivity contribution is 0.0972. The molecule has 0 unspecified atom stereocenters. The summed E-state index contributed by atoms with van der Waals surface area (Å²) in [6, 6.07) is 19.2. The van der Waals surface area contributed by atoms with Crippen LogP contribution in [0.2, 0.25) is 0 Å². The first-order valence-corrected chi connectivity index (χ1v) is 17.8. The molecule has 2 aliphatic heterocycles. The summed E-state index contributed by atoms with van der Waals surface area (Å²) in [6.07, 6.45) is 8.81. The number of hydrogen-bond donors (Lipinski definition) is 4. The maximum Gasteiger partial charge on any atom is 0.130 e. The number of anilines is 5. The highest BCUT2D eigenvalue weighted by molar-refractivity contribution is 9.10. The second-order valence-corrected chi connectivity index (χ2v) is 12.6. The number of ether oxygens (including phenoxy) is 2. The van der Waals surface area contributed by atoms with Crippen molar-refractivity contribution >= 4 is 44.9 Å². The van der Waals surface area contributed by atoms with E-state index in [4.69, 9.17) is 15.2 Å². The van der Waals surface area contributed by atoms with Gasteiger partial charge in [0.05, 0.1) is 37.8 Å². The van der Waals surface area contributed by atoms with Crippen LogP contribution in [0.25, 0.3) is 0 Å². The lowest BCUT2D eigenvalue weighted by Crippen LogP contribution is -2.24. The Morgan fingerprint density at radius 2 is 1.24 bits per heavy atom. The number of nitrogens with two attached hydrogens (primary N) is 1. The van der Waals surface area contributed by atoms with Crippen LogP contribution in [0.4, 0.5) is 29.0 Å². The Balaban J connectivity index is 0.000000224. The SMILES string of the molecule is C.CNc1cc(Br)ccn1.CNc1cc(Nc2cccc(COCCN3CCCC3)n2)ccn1.Nc1cccc(COCCN2CCCC2)n1. The van der Waals surface area contributed by atoms with E-state index in [-0.39, 0.29) is 7.43 Å². The fourth-order valence-electron chi connectivity index (χ4n) is 5.30. The minimum atomic E-state index is 0. The molecule has 0 amide bonds. The van der Waals surface area contributed by atoms with Crippen LogP contribution in [-0.4, -0.2) is 96.3 Å². The number of likely N-dealkylation sites (tertiary alicyclic amines) is 2. The molecule has 2 saturated heterocycles. The molecule has 0 spiro atoms. The average molecular weight is 752 g/mol. The van der Waals surface area contributed by atoms with Crippen LogP contribution < -0.4 is 21.7 Å². The summed E-state index contributed by atoms with van der Waals surface area (Å²) >= 11 is 3.32. The number of pyridine rings is 4. The molecule has 6 heterocycles. The number of hydrogen-bond acceptors (Lipinski definition) is 12. The number of aromatic nitrogens is 4. The first-order chi connectivity index (χ1) is 24.0. The molecule has 0 radical (unpaired) electrons. The maximum atomic E-state index is 5.77. The van der Waals surface area contributed by atoms with E-state index >= 15 is 0 Å². The first-order valence-electron chi connectivity index (χ1n) is 17.0. The van der Waals surface area contributed by atoms with E-state index in [1.54, 1.807) is 18.5 Å². The lowest BCUT2D eigenvalue weighted by atomic mass is 10.3. The van der Waals surface area contributed by atoms with Crippen LogP contribution in [0.15, 0.2) is 77.5 Å². The van der Waals surface area contributed by atoms with Crippen LogP contribution in [0.1, 0.15) is 44.5 Å². The van der Waals surface area contributed by atoms with Gasteiger partial charge in [-0.15, -0.1) is 0 Å². The van der Waals surface area contributed by atoms with E-state index in [2.05, 4.69) is 61.6 Å². The van der Waals surface area contributed by atoms with Gasteiger partial charge in [-0.05, 0) is 94.3 Å². The predicted molar refractivity (Wildman–Crippen MR) is 209 cm³/mol. The minimum absolute atomic E-state index is 0. The van der Waals surface area contributed by atoms with E-state index in [9.17, 15) is 0 Å². The Morgan fingerprint density at radius 3 is 1.78 bits per heavy atom. The summed E-state index contributed by atoms with van der Waals surface area (Å²) in [4.78, 5) is 21.9. The fraction of sp³-hybridized carbons (Fsp3) is 0.459. The van der Waals surface area contributed by atoms with Crippen molar-refractivity contribution < 1.29 is 9.47 Å². The molecule has 0 atom stereocenters. The lowest BCUT2D eigenvalue weighted by Gasteiger charge is -2.14. The molecular formula is C37H55BrN10O2. The van der Waals surface area contributed by atoms with Crippen molar-refractivity contribution in [3.8, 4) is 0 Å². The van der Waals surface area contributed by atoms with Gasteiger partial charge in [-0.25, -0.2) is 19.9 Å². The Bertz CT molecular complexity index is 1500. The van der Waals surface area contributed by atoms with Crippen molar-refractivity contribution in [2.45, 2.75) is 46.3 Å². The molecule has 0 bridgehead atoms. The second kappa shape index (κ2) is 23.5. The zero-order valence-electron chi connectivity index (χ0n) is 28.8. The van der Waals surface area contributed by atoms with Gasteiger partial charge in [-0.2, -0.15) is 0 Å². The topological polar surface area (TPSA) is 139 Å². The highest BCUT2D eigenvalue weighted by atomic mass is 79.9. The Morgan fingerprint density at radius 1 is 0.700 bits per heavy atom. The van der Waals surface area contributed by atoms with Crippen LogP contribution >= 0.6 is 15.9 Å². The van der Waals surface area contributed by atoms with Crippen LogP contribution in [0.3, 0.4) is 0 Å². The van der Waals surface area contributed by atoms with Crippen molar-refractivity contribution in [1.29, 1.82) is 0 Å². The number of nitrogen functional groups attached to an aromatic ring is 1. The molecule has 50 heavy (non-hydrogen) atoms. The van der Waals surface area contributed by atoms with Gasteiger partial charge in [-0.1, -0.05) is 35.5 Å². The Hall–Kier alpha value is -3.88. The molecule has 6 rings (SSSR count). The zero-order valence-corrected chi connectivity index (χ0v) is 30.4. The quantitative estimate of drug-likeness (QED) is 0.102. The summed E-state index contributed by atoms with van der Waals surface area (Å²) in [7, 11) is 3.69. The van der Waals surface area contributed by atoms with Crippen LogP contribution in [-0.2, 0) is 22.7 Å². The predicted octanol–water partition coefficient (Wildman–Crippen LogP) is 6.67. The van der Waals surface area contributed by atoms with E-state index in [0.717, 1.165) is 65.3 Å². The summed E-state index contributed by atoms with van der Waals surface area (Å²) in [6.45, 7) is 9.54. The molecular weight excluding hydrogens is 696 g/mol. The van der Waals surface area contributed by atoms with E-state index < -0.39 is 0 Å². The van der Waals surface area contributed by atoms with Crippen LogP contribution in [0, 0.1) is 0 Å². The molecule has 0 aromatic carbocycles. The van der Waals surface area contributed by atoms with Crippen molar-refractivity contribution in [3.63, 3.8) is 0 Å². The van der Waals surface area contributed by atoms with Crippen LogP contribution in [0.5, 0.6) is 0 Å². The highest BCUT2D eigenvalue weighted by Crippen LogP contribution is 2.17. The Kier molecular flexibility index (Phi) is 19.1. The van der Waals surface area contributed by atoms with Crippen molar-refractivity contribution in [2.24, 2.45) is 0 Å². The van der Waals surface area contributed by atoms with E-state index in [0.29, 0.717) is 19.0 Å². The summed E-state index contributed by atoms with van der Waals surface area (Å²) < 4.78 is 12.4. The molecule has 0 saturated carbocycles. The van der Waals surface area contributed by atoms with Crippen molar-refractivity contribution in [1.82, 2.24) is 29.7 Å². The average Bonchev–Trinajstić information content (AvgIpc) is 3.85. The number of nitrogens with zero attached hydrogens (tertiary/aromatic N) is 6. The molecule has 13 heteroatoms. The van der Waals surface area contributed by atoms with Gasteiger partial charge in [0, 0.05) is 55.8 Å². The highest BCUT2D eigenvalue weighted by Gasteiger charge is 2.11. The van der Waals surface area contributed by atoms with Gasteiger partial charge in [0.25, 0.3) is 0 Å². The number of nitrogens with one attached hydrogen (secondary N) is 3. The van der Waals surface area contributed by atoms with Gasteiger partial charge >= 0.3 is 0 Å². The molecule has 5 N–H and O–H groups in total. The number of rotatable bonds is 14. The first kappa shape index (κ1) is 40.5. The largest absolute Gasteiger partial charge is 0.384 e.